The first-order valence-corrected chi connectivity index (χ1v) is 8.66. The van der Waals surface area contributed by atoms with Gasteiger partial charge in [0.25, 0.3) is 5.91 Å². The van der Waals surface area contributed by atoms with E-state index in [0.29, 0.717) is 11.4 Å². The molecule has 0 spiro atoms. The molecule has 8 heteroatoms. The maximum Gasteiger partial charge on any atom is 0.271 e. The van der Waals surface area contributed by atoms with Crippen LogP contribution >= 0.6 is 11.6 Å². The van der Waals surface area contributed by atoms with Crippen LogP contribution in [0, 0.1) is 5.92 Å². The lowest BCUT2D eigenvalue weighted by atomic mass is 10.1. The monoisotopic (exact) mass is 387 g/mol. The minimum absolute atomic E-state index is 0.0605. The van der Waals surface area contributed by atoms with Gasteiger partial charge in [-0.15, -0.1) is 0 Å². The number of hydrogen-bond donors (Lipinski definition) is 2. The van der Waals surface area contributed by atoms with E-state index in [2.05, 4.69) is 10.9 Å². The number of benzene rings is 2. The summed E-state index contributed by atoms with van der Waals surface area (Å²) in [6.45, 7) is 0.222. The largest absolute Gasteiger partial charge is 0.497 e. The van der Waals surface area contributed by atoms with E-state index in [9.17, 15) is 14.4 Å². The Morgan fingerprint density at radius 3 is 2.67 bits per heavy atom. The molecule has 140 valence electrons. The van der Waals surface area contributed by atoms with Crippen LogP contribution in [-0.2, 0) is 9.59 Å². The summed E-state index contributed by atoms with van der Waals surface area (Å²) in [7, 11) is 1.54. The van der Waals surface area contributed by atoms with Crippen molar-refractivity contribution in [1.29, 1.82) is 0 Å². The normalized spacial score (nSPS) is 16.1. The van der Waals surface area contributed by atoms with Crippen LogP contribution < -0.4 is 20.5 Å². The fourth-order valence-corrected chi connectivity index (χ4v) is 3.07. The summed E-state index contributed by atoms with van der Waals surface area (Å²) in [5, 5.41) is 0.282. The number of amides is 3. The molecule has 0 radical (unpaired) electrons. The number of hydrogen-bond acceptors (Lipinski definition) is 4. The van der Waals surface area contributed by atoms with Crippen molar-refractivity contribution >= 4 is 35.0 Å². The van der Waals surface area contributed by atoms with Gasteiger partial charge in [-0.3, -0.25) is 25.2 Å². The van der Waals surface area contributed by atoms with E-state index in [4.69, 9.17) is 16.3 Å². The third kappa shape index (κ3) is 4.20. The minimum atomic E-state index is -0.574. The zero-order chi connectivity index (χ0) is 19.4. The van der Waals surface area contributed by atoms with Gasteiger partial charge in [-0.05, 0) is 24.3 Å². The topological polar surface area (TPSA) is 87.7 Å². The number of methoxy groups -OCH3 is 1. The van der Waals surface area contributed by atoms with E-state index >= 15 is 0 Å². The first-order valence-electron chi connectivity index (χ1n) is 8.28. The van der Waals surface area contributed by atoms with Crippen LogP contribution in [0.1, 0.15) is 16.8 Å². The zero-order valence-corrected chi connectivity index (χ0v) is 15.3. The molecule has 0 bridgehead atoms. The third-order valence-corrected chi connectivity index (χ3v) is 4.61. The number of rotatable bonds is 4. The number of anilines is 1. The van der Waals surface area contributed by atoms with Gasteiger partial charge in [0.1, 0.15) is 5.75 Å². The molecular formula is C19H18ClN3O4. The molecule has 1 aliphatic heterocycles. The highest BCUT2D eigenvalue weighted by molar-refractivity contribution is 6.33. The summed E-state index contributed by atoms with van der Waals surface area (Å²) in [4.78, 5) is 38.3. The molecule has 0 saturated carbocycles. The van der Waals surface area contributed by atoms with E-state index in [-0.39, 0.29) is 29.5 Å². The first kappa shape index (κ1) is 18.7. The Kier molecular flexibility index (Phi) is 5.61. The third-order valence-electron chi connectivity index (χ3n) is 4.28. The summed E-state index contributed by atoms with van der Waals surface area (Å²) in [5.74, 6) is -1.08. The molecule has 0 aromatic heterocycles. The van der Waals surface area contributed by atoms with Gasteiger partial charge in [0, 0.05) is 24.7 Å². The lowest BCUT2D eigenvalue weighted by Gasteiger charge is -2.17. The fraction of sp³-hybridized carbons (Fsp3) is 0.211. The van der Waals surface area contributed by atoms with Crippen molar-refractivity contribution in [1.82, 2.24) is 10.9 Å². The molecule has 3 rings (SSSR count). The summed E-state index contributed by atoms with van der Waals surface area (Å²) in [5.41, 5.74) is 5.61. The van der Waals surface area contributed by atoms with Gasteiger partial charge in [-0.1, -0.05) is 29.8 Å². The van der Waals surface area contributed by atoms with E-state index < -0.39 is 17.7 Å². The van der Waals surface area contributed by atoms with Crippen molar-refractivity contribution in [3.05, 3.63) is 59.1 Å². The predicted molar refractivity (Wildman–Crippen MR) is 101 cm³/mol. The maximum atomic E-state index is 12.3. The quantitative estimate of drug-likeness (QED) is 0.787. The molecule has 27 heavy (non-hydrogen) atoms. The van der Waals surface area contributed by atoms with E-state index in [1.165, 1.54) is 4.90 Å². The Bertz CT molecular complexity index is 887. The number of halogens is 1. The van der Waals surface area contributed by atoms with Gasteiger partial charge in [0.05, 0.1) is 23.6 Å². The van der Waals surface area contributed by atoms with Gasteiger partial charge in [-0.25, -0.2) is 0 Å². The number of nitrogens with zero attached hydrogens (tertiary/aromatic N) is 1. The van der Waals surface area contributed by atoms with E-state index in [1.807, 2.05) is 0 Å². The molecule has 1 saturated heterocycles. The van der Waals surface area contributed by atoms with Crippen molar-refractivity contribution in [3.8, 4) is 5.75 Å². The van der Waals surface area contributed by atoms with E-state index in [0.717, 1.165) is 0 Å². The molecule has 1 fully saturated rings. The van der Waals surface area contributed by atoms with Crippen LogP contribution in [0.15, 0.2) is 48.5 Å². The Balaban J connectivity index is 1.60. The second-order valence-corrected chi connectivity index (χ2v) is 6.44. The van der Waals surface area contributed by atoms with Crippen molar-refractivity contribution in [3.63, 3.8) is 0 Å². The average molecular weight is 388 g/mol. The lowest BCUT2D eigenvalue weighted by molar-refractivity contribution is -0.126. The maximum absolute atomic E-state index is 12.3. The van der Waals surface area contributed by atoms with Gasteiger partial charge in [0.2, 0.25) is 11.8 Å². The van der Waals surface area contributed by atoms with Crippen LogP contribution in [0.2, 0.25) is 5.02 Å². The molecule has 2 aromatic carbocycles. The molecule has 3 amide bonds. The molecular weight excluding hydrogens is 370 g/mol. The average Bonchev–Trinajstić information content (AvgIpc) is 3.08. The van der Waals surface area contributed by atoms with Crippen LogP contribution in [0.25, 0.3) is 0 Å². The standard InChI is InChI=1S/C19H18ClN3O4/c1-27-14-6-4-5-13(10-14)23-11-12(9-17(23)24)18(25)21-22-19(26)15-7-2-3-8-16(15)20/h2-8,10,12H,9,11H2,1H3,(H,21,25)(H,22,26)/t12-/m0/s1. The Morgan fingerprint density at radius 1 is 1.15 bits per heavy atom. The predicted octanol–water partition coefficient (Wildman–Crippen LogP) is 2.16. The highest BCUT2D eigenvalue weighted by Crippen LogP contribution is 2.27. The molecule has 2 N–H and O–H groups in total. The Labute approximate surface area is 161 Å². The lowest BCUT2D eigenvalue weighted by Crippen LogP contribution is -2.45. The summed E-state index contributed by atoms with van der Waals surface area (Å²) >= 11 is 5.96. The van der Waals surface area contributed by atoms with Crippen LogP contribution in [0.5, 0.6) is 5.75 Å². The SMILES string of the molecule is COc1cccc(N2C[C@@H](C(=O)NNC(=O)c3ccccc3Cl)CC2=O)c1. The second kappa shape index (κ2) is 8.09. The summed E-state index contributed by atoms with van der Waals surface area (Å²) in [6.07, 6.45) is 0.0605. The first-order chi connectivity index (χ1) is 13.0. The van der Waals surface area contributed by atoms with Gasteiger partial charge < -0.3 is 9.64 Å². The highest BCUT2D eigenvalue weighted by atomic mass is 35.5. The molecule has 7 nitrogen and oxygen atoms in total. The van der Waals surface area contributed by atoms with Gasteiger partial charge in [-0.2, -0.15) is 0 Å². The molecule has 0 aliphatic carbocycles. The molecule has 2 aromatic rings. The van der Waals surface area contributed by atoms with Crippen LogP contribution in [0.3, 0.4) is 0 Å². The van der Waals surface area contributed by atoms with Crippen LogP contribution in [0.4, 0.5) is 5.69 Å². The number of nitrogens with one attached hydrogen (secondary N) is 2. The van der Waals surface area contributed by atoms with Crippen molar-refractivity contribution < 1.29 is 19.1 Å². The second-order valence-electron chi connectivity index (χ2n) is 6.03. The van der Waals surface area contributed by atoms with Crippen molar-refractivity contribution in [2.45, 2.75) is 6.42 Å². The smallest absolute Gasteiger partial charge is 0.271 e. The van der Waals surface area contributed by atoms with Crippen molar-refractivity contribution in [2.75, 3.05) is 18.6 Å². The molecule has 1 atom stereocenters. The van der Waals surface area contributed by atoms with Crippen molar-refractivity contribution in [2.24, 2.45) is 5.92 Å². The zero-order valence-electron chi connectivity index (χ0n) is 14.6. The number of carbonyl (C=O) groups excluding carboxylic acids is 3. The van der Waals surface area contributed by atoms with Gasteiger partial charge in [0.15, 0.2) is 0 Å². The number of ether oxygens (including phenoxy) is 1. The Hall–Kier alpha value is -3.06. The van der Waals surface area contributed by atoms with Crippen LogP contribution in [-0.4, -0.2) is 31.4 Å². The summed E-state index contributed by atoms with van der Waals surface area (Å²) < 4.78 is 5.17. The number of hydrazine groups is 1. The highest BCUT2D eigenvalue weighted by Gasteiger charge is 2.35. The van der Waals surface area contributed by atoms with Gasteiger partial charge >= 0.3 is 0 Å². The molecule has 0 unspecified atom stereocenters. The Morgan fingerprint density at radius 2 is 1.93 bits per heavy atom. The molecule has 1 heterocycles. The summed E-state index contributed by atoms with van der Waals surface area (Å²) in [6, 6.07) is 13.6. The minimum Gasteiger partial charge on any atom is -0.497 e. The van der Waals surface area contributed by atoms with E-state index in [1.54, 1.807) is 55.6 Å². The molecule has 1 aliphatic rings. The fourth-order valence-electron chi connectivity index (χ4n) is 2.84. The number of carbonyl (C=O) groups is 3.